The Labute approximate surface area is 129 Å². The fourth-order valence-electron chi connectivity index (χ4n) is 1.45. The van der Waals surface area contributed by atoms with Gasteiger partial charge in [0.2, 0.25) is 0 Å². The van der Waals surface area contributed by atoms with Gasteiger partial charge in [-0.15, -0.1) is 0 Å². The number of ether oxygens (including phenoxy) is 2. The topological polar surface area (TPSA) is 84.9 Å². The Hall–Kier alpha value is -2.57. The molecule has 0 heterocycles. The van der Waals surface area contributed by atoms with Crippen LogP contribution in [-0.4, -0.2) is 35.6 Å². The van der Waals surface area contributed by atoms with Crippen LogP contribution in [0.3, 0.4) is 0 Å². The first-order valence-corrected chi connectivity index (χ1v) is 6.73. The maximum Gasteiger partial charge on any atom is 0.429 e. The molecule has 2 amide bonds. The number of nitrogens with one attached hydrogen (secondary N) is 1. The predicted molar refractivity (Wildman–Crippen MR) is 78.8 cm³/mol. The molecule has 0 fully saturated rings. The Bertz CT molecular complexity index is 510. The van der Waals surface area contributed by atoms with Crippen molar-refractivity contribution in [3.63, 3.8) is 0 Å². The summed E-state index contributed by atoms with van der Waals surface area (Å²) in [5, 5.41) is 0.754. The SMILES string of the molecule is CC(C)(C)OC(=O)NN(CC=O)C(=O)OCc1ccccc1. The largest absolute Gasteiger partial charge is 0.443 e. The summed E-state index contributed by atoms with van der Waals surface area (Å²) in [5.41, 5.74) is 2.25. The lowest BCUT2D eigenvalue weighted by Gasteiger charge is -2.24. The van der Waals surface area contributed by atoms with E-state index in [0.717, 1.165) is 10.6 Å². The van der Waals surface area contributed by atoms with Crippen LogP contribution >= 0.6 is 0 Å². The van der Waals surface area contributed by atoms with Crippen LogP contribution in [0.1, 0.15) is 26.3 Å². The van der Waals surface area contributed by atoms with Crippen LogP contribution in [0, 0.1) is 0 Å². The van der Waals surface area contributed by atoms with Gasteiger partial charge in [0, 0.05) is 0 Å². The van der Waals surface area contributed by atoms with Crippen molar-refractivity contribution in [1.29, 1.82) is 0 Å². The first-order valence-electron chi connectivity index (χ1n) is 6.73. The average molecular weight is 308 g/mol. The van der Waals surface area contributed by atoms with Crippen LogP contribution in [0.15, 0.2) is 30.3 Å². The van der Waals surface area contributed by atoms with E-state index in [4.69, 9.17) is 9.47 Å². The van der Waals surface area contributed by atoms with E-state index in [1.807, 2.05) is 18.2 Å². The average Bonchev–Trinajstić information content (AvgIpc) is 2.43. The number of nitrogens with zero attached hydrogens (tertiary/aromatic N) is 1. The standard InChI is InChI=1S/C15H20N2O5/c1-15(2,3)22-13(19)16-17(9-10-18)14(20)21-11-12-7-5-4-6-8-12/h4-8,10H,9,11H2,1-3H3,(H,16,19). The van der Waals surface area contributed by atoms with Crippen LogP contribution in [0.5, 0.6) is 0 Å². The number of carbonyl (C=O) groups is 3. The monoisotopic (exact) mass is 308 g/mol. The Morgan fingerprint density at radius 1 is 1.23 bits per heavy atom. The number of hydrogen-bond acceptors (Lipinski definition) is 5. The van der Waals surface area contributed by atoms with E-state index in [9.17, 15) is 14.4 Å². The van der Waals surface area contributed by atoms with Gasteiger partial charge in [0.25, 0.3) is 0 Å². The lowest BCUT2D eigenvalue weighted by atomic mass is 10.2. The van der Waals surface area contributed by atoms with Gasteiger partial charge in [-0.25, -0.2) is 20.0 Å². The van der Waals surface area contributed by atoms with E-state index < -0.39 is 17.8 Å². The van der Waals surface area contributed by atoms with E-state index in [2.05, 4.69) is 5.43 Å². The van der Waals surface area contributed by atoms with Crippen molar-refractivity contribution in [3.05, 3.63) is 35.9 Å². The number of carbonyl (C=O) groups excluding carboxylic acids is 3. The summed E-state index contributed by atoms with van der Waals surface area (Å²) in [6.45, 7) is 4.75. The van der Waals surface area contributed by atoms with E-state index in [1.165, 1.54) is 0 Å². The molecular weight excluding hydrogens is 288 g/mol. The lowest BCUT2D eigenvalue weighted by molar-refractivity contribution is -0.109. The Balaban J connectivity index is 2.56. The summed E-state index contributed by atoms with van der Waals surface area (Å²) in [7, 11) is 0. The van der Waals surface area contributed by atoms with Crippen LogP contribution in [0.25, 0.3) is 0 Å². The number of hydrogen-bond donors (Lipinski definition) is 1. The van der Waals surface area contributed by atoms with Crippen molar-refractivity contribution in [2.45, 2.75) is 33.0 Å². The van der Waals surface area contributed by atoms with Crippen LogP contribution < -0.4 is 5.43 Å². The zero-order chi connectivity index (χ0) is 16.6. The second kappa shape index (κ2) is 8.02. The van der Waals surface area contributed by atoms with Gasteiger partial charge in [0.05, 0.1) is 0 Å². The van der Waals surface area contributed by atoms with Gasteiger partial charge in [-0.1, -0.05) is 30.3 Å². The van der Waals surface area contributed by atoms with E-state index in [0.29, 0.717) is 6.29 Å². The molecule has 0 spiro atoms. The molecule has 7 heteroatoms. The summed E-state index contributed by atoms with van der Waals surface area (Å²) < 4.78 is 10.0. The van der Waals surface area contributed by atoms with Gasteiger partial charge in [-0.3, -0.25) is 0 Å². The number of hydrazine groups is 1. The minimum Gasteiger partial charge on any atom is -0.443 e. The van der Waals surface area contributed by atoms with Gasteiger partial charge in [0.1, 0.15) is 25.0 Å². The molecule has 1 rings (SSSR count). The predicted octanol–water partition coefficient (Wildman–Crippen LogP) is 2.26. The van der Waals surface area contributed by atoms with Crippen molar-refractivity contribution < 1.29 is 23.9 Å². The van der Waals surface area contributed by atoms with E-state index in [1.54, 1.807) is 32.9 Å². The Morgan fingerprint density at radius 2 is 1.86 bits per heavy atom. The Kier molecular flexibility index (Phi) is 6.37. The minimum atomic E-state index is -0.846. The number of benzene rings is 1. The molecule has 0 atom stereocenters. The fourth-order valence-corrected chi connectivity index (χ4v) is 1.45. The zero-order valence-electron chi connectivity index (χ0n) is 12.9. The molecule has 22 heavy (non-hydrogen) atoms. The van der Waals surface area contributed by atoms with Gasteiger partial charge < -0.3 is 14.3 Å². The van der Waals surface area contributed by atoms with Gasteiger partial charge >= 0.3 is 12.2 Å². The summed E-state index contributed by atoms with van der Waals surface area (Å²) in [6, 6.07) is 9.04. The molecule has 0 aliphatic rings. The van der Waals surface area contributed by atoms with Gasteiger partial charge in [-0.2, -0.15) is 0 Å². The highest BCUT2D eigenvalue weighted by molar-refractivity contribution is 5.76. The van der Waals surface area contributed by atoms with E-state index in [-0.39, 0.29) is 13.2 Å². The molecular formula is C15H20N2O5. The van der Waals surface area contributed by atoms with Crippen molar-refractivity contribution in [1.82, 2.24) is 10.4 Å². The molecule has 0 radical (unpaired) electrons. The third kappa shape index (κ3) is 6.74. The maximum absolute atomic E-state index is 11.9. The fraction of sp³-hybridized carbons (Fsp3) is 0.400. The summed E-state index contributed by atoms with van der Waals surface area (Å²) in [6.07, 6.45) is -1.21. The molecule has 0 saturated heterocycles. The van der Waals surface area contributed by atoms with Crippen molar-refractivity contribution in [2.75, 3.05) is 6.54 Å². The number of amides is 2. The molecule has 120 valence electrons. The molecule has 1 N–H and O–H groups in total. The zero-order valence-corrected chi connectivity index (χ0v) is 12.9. The molecule has 0 unspecified atom stereocenters. The number of aldehydes is 1. The van der Waals surface area contributed by atoms with Gasteiger partial charge in [-0.05, 0) is 26.3 Å². The molecule has 0 aromatic heterocycles. The molecule has 0 aliphatic heterocycles. The second-order valence-corrected chi connectivity index (χ2v) is 5.43. The maximum atomic E-state index is 11.9. The third-order valence-electron chi connectivity index (χ3n) is 2.31. The summed E-state index contributed by atoms with van der Waals surface area (Å²) in [4.78, 5) is 34.1. The van der Waals surface area contributed by atoms with Crippen LogP contribution in [0.2, 0.25) is 0 Å². The Morgan fingerprint density at radius 3 is 2.41 bits per heavy atom. The van der Waals surface area contributed by atoms with Crippen molar-refractivity contribution >= 4 is 18.5 Å². The normalized spacial score (nSPS) is 10.5. The van der Waals surface area contributed by atoms with E-state index >= 15 is 0 Å². The van der Waals surface area contributed by atoms with Crippen molar-refractivity contribution in [2.24, 2.45) is 0 Å². The molecule has 0 aliphatic carbocycles. The quantitative estimate of drug-likeness (QED) is 0.681. The molecule has 0 saturated carbocycles. The highest BCUT2D eigenvalue weighted by Gasteiger charge is 2.22. The first kappa shape index (κ1) is 17.5. The first-order chi connectivity index (χ1) is 10.3. The lowest BCUT2D eigenvalue weighted by Crippen LogP contribution is -2.48. The highest BCUT2D eigenvalue weighted by atomic mass is 16.6. The van der Waals surface area contributed by atoms with Gasteiger partial charge in [0.15, 0.2) is 0 Å². The number of rotatable bonds is 4. The summed E-state index contributed by atoms with van der Waals surface area (Å²) >= 11 is 0. The second-order valence-electron chi connectivity index (χ2n) is 5.43. The molecule has 0 bridgehead atoms. The van der Waals surface area contributed by atoms with Crippen molar-refractivity contribution in [3.8, 4) is 0 Å². The minimum absolute atomic E-state index is 0.0328. The molecule has 7 nitrogen and oxygen atoms in total. The molecule has 1 aromatic carbocycles. The molecule has 1 aromatic rings. The third-order valence-corrected chi connectivity index (χ3v) is 2.31. The summed E-state index contributed by atoms with van der Waals surface area (Å²) in [5.74, 6) is 0. The van der Waals surface area contributed by atoms with Crippen LogP contribution in [0.4, 0.5) is 9.59 Å². The smallest absolute Gasteiger partial charge is 0.429 e. The van der Waals surface area contributed by atoms with Crippen LogP contribution in [-0.2, 0) is 20.9 Å². The highest BCUT2D eigenvalue weighted by Crippen LogP contribution is 2.07.